The van der Waals surface area contributed by atoms with E-state index in [4.69, 9.17) is 0 Å². The molecule has 80 valence electrons. The van der Waals surface area contributed by atoms with Gasteiger partial charge in [0.25, 0.3) is 0 Å². The Morgan fingerprint density at radius 3 is 3.27 bits per heavy atom. The van der Waals surface area contributed by atoms with Gasteiger partial charge >= 0.3 is 0 Å². The molecule has 0 N–H and O–H groups in total. The van der Waals surface area contributed by atoms with Crippen molar-refractivity contribution in [1.82, 2.24) is 9.88 Å². The zero-order chi connectivity index (χ0) is 10.7. The minimum atomic E-state index is 0.235. The normalized spacial score (nSPS) is 20.6. The average Bonchev–Trinajstić information content (AvgIpc) is 2.76. The molecule has 0 spiro atoms. The van der Waals surface area contributed by atoms with Crippen LogP contribution in [-0.4, -0.2) is 29.1 Å². The number of likely N-dealkylation sites (tertiary alicyclic amines) is 1. The molecule has 0 radical (unpaired) electrons. The number of carbonyl (C=O) groups excluding carboxylic acids is 1. The molecule has 3 nitrogen and oxygen atoms in total. The Balaban J connectivity index is 2.31. The van der Waals surface area contributed by atoms with Gasteiger partial charge in [-0.25, -0.2) is 4.98 Å². The second-order valence-electron chi connectivity index (χ2n) is 3.60. The molecule has 0 saturated carbocycles. The van der Waals surface area contributed by atoms with Gasteiger partial charge in [0.15, 0.2) is 0 Å². The van der Waals surface area contributed by atoms with E-state index >= 15 is 0 Å². The Bertz CT molecular complexity index is 356. The number of carbonyl (C=O) groups is 1. The molecule has 1 aliphatic rings. The van der Waals surface area contributed by atoms with E-state index in [9.17, 15) is 4.79 Å². The number of hydrogen-bond donors (Lipinski definition) is 0. The van der Waals surface area contributed by atoms with Gasteiger partial charge in [0.05, 0.1) is 6.04 Å². The first-order valence-corrected chi connectivity index (χ1v) is 6.29. The summed E-state index contributed by atoms with van der Waals surface area (Å²) in [4.78, 5) is 17.1. The molecule has 1 aromatic rings. The minimum absolute atomic E-state index is 0.235. The highest BCUT2D eigenvalue weighted by Gasteiger charge is 2.26. The van der Waals surface area contributed by atoms with Gasteiger partial charge in [0.2, 0.25) is 6.41 Å². The molecule has 1 fully saturated rings. The fraction of sp³-hybridized carbons (Fsp3) is 0.455. The third-order valence-corrected chi connectivity index (χ3v) is 3.51. The maximum absolute atomic E-state index is 10.9. The predicted molar refractivity (Wildman–Crippen MR) is 60.8 cm³/mol. The Labute approximate surface area is 93.9 Å². The summed E-state index contributed by atoms with van der Waals surface area (Å²) < 4.78 is 0. The second kappa shape index (κ2) is 4.66. The van der Waals surface area contributed by atoms with Crippen molar-refractivity contribution in [3.8, 4) is 0 Å². The van der Waals surface area contributed by atoms with Gasteiger partial charge in [-0.2, -0.15) is 0 Å². The Morgan fingerprint density at radius 1 is 1.67 bits per heavy atom. The van der Waals surface area contributed by atoms with Gasteiger partial charge in [-0.15, -0.1) is 11.8 Å². The topological polar surface area (TPSA) is 33.2 Å². The molecule has 1 saturated heterocycles. The van der Waals surface area contributed by atoms with Gasteiger partial charge in [-0.1, -0.05) is 6.07 Å². The van der Waals surface area contributed by atoms with Gasteiger partial charge in [-0.3, -0.25) is 4.79 Å². The number of amides is 1. The number of nitrogens with zero attached hydrogens (tertiary/aromatic N) is 2. The van der Waals surface area contributed by atoms with Crippen LogP contribution in [0, 0.1) is 0 Å². The van der Waals surface area contributed by atoms with Crippen molar-refractivity contribution in [2.45, 2.75) is 23.9 Å². The zero-order valence-corrected chi connectivity index (χ0v) is 9.54. The SMILES string of the molecule is CSc1ncccc1[C@H]1CCCN1C=O. The van der Waals surface area contributed by atoms with Crippen molar-refractivity contribution in [3.63, 3.8) is 0 Å². The summed E-state index contributed by atoms with van der Waals surface area (Å²) in [6.07, 6.45) is 6.92. The third kappa shape index (κ3) is 2.00. The van der Waals surface area contributed by atoms with Gasteiger partial charge in [0.1, 0.15) is 5.03 Å². The van der Waals surface area contributed by atoms with Gasteiger partial charge in [0, 0.05) is 18.3 Å². The molecule has 4 heteroatoms. The molecular formula is C11H14N2OS. The lowest BCUT2D eigenvalue weighted by Crippen LogP contribution is -2.21. The van der Waals surface area contributed by atoms with Gasteiger partial charge in [-0.05, 0) is 25.2 Å². The van der Waals surface area contributed by atoms with Crippen LogP contribution in [0.15, 0.2) is 23.4 Å². The number of rotatable bonds is 3. The molecule has 0 aliphatic carbocycles. The van der Waals surface area contributed by atoms with E-state index in [0.717, 1.165) is 30.8 Å². The van der Waals surface area contributed by atoms with Crippen molar-refractivity contribution < 1.29 is 4.79 Å². The summed E-state index contributed by atoms with van der Waals surface area (Å²) in [6.45, 7) is 0.872. The standard InChI is InChI=1S/C11H14N2OS/c1-15-11-9(4-2-6-12-11)10-5-3-7-13(10)8-14/h2,4,6,8,10H,3,5,7H2,1H3/t10-/m1/s1. The first kappa shape index (κ1) is 10.5. The highest BCUT2D eigenvalue weighted by atomic mass is 32.2. The van der Waals surface area contributed by atoms with E-state index in [-0.39, 0.29) is 6.04 Å². The van der Waals surface area contributed by atoms with E-state index < -0.39 is 0 Å². The Kier molecular flexibility index (Phi) is 3.26. The summed E-state index contributed by atoms with van der Waals surface area (Å²) in [7, 11) is 0. The summed E-state index contributed by atoms with van der Waals surface area (Å²) in [6, 6.07) is 4.25. The van der Waals surface area contributed by atoms with E-state index in [1.54, 1.807) is 18.0 Å². The van der Waals surface area contributed by atoms with Crippen LogP contribution < -0.4 is 0 Å². The number of thioether (sulfide) groups is 1. The van der Waals surface area contributed by atoms with Crippen LogP contribution in [0.25, 0.3) is 0 Å². The number of pyridine rings is 1. The lowest BCUT2D eigenvalue weighted by atomic mass is 10.1. The highest BCUT2D eigenvalue weighted by Crippen LogP contribution is 2.34. The molecule has 2 heterocycles. The molecule has 1 atom stereocenters. The summed E-state index contributed by atoms with van der Waals surface area (Å²) >= 11 is 1.64. The van der Waals surface area contributed by atoms with Crippen molar-refractivity contribution in [2.75, 3.05) is 12.8 Å². The molecule has 1 aromatic heterocycles. The first-order chi connectivity index (χ1) is 7.36. The quantitative estimate of drug-likeness (QED) is 0.580. The van der Waals surface area contributed by atoms with E-state index in [0.29, 0.717) is 0 Å². The number of aromatic nitrogens is 1. The summed E-state index contributed by atoms with van der Waals surface area (Å²) in [5, 5.41) is 1.04. The van der Waals surface area contributed by atoms with Crippen molar-refractivity contribution in [3.05, 3.63) is 23.9 Å². The third-order valence-electron chi connectivity index (χ3n) is 2.78. The van der Waals surface area contributed by atoms with Crippen molar-refractivity contribution >= 4 is 18.2 Å². The predicted octanol–water partition coefficient (Wildman–Crippen LogP) is 2.10. The van der Waals surface area contributed by atoms with E-state index in [1.165, 1.54) is 5.56 Å². The second-order valence-corrected chi connectivity index (χ2v) is 4.40. The van der Waals surface area contributed by atoms with E-state index in [2.05, 4.69) is 11.1 Å². The summed E-state index contributed by atoms with van der Waals surface area (Å²) in [5.74, 6) is 0. The highest BCUT2D eigenvalue weighted by molar-refractivity contribution is 7.98. The fourth-order valence-electron chi connectivity index (χ4n) is 2.08. The molecule has 1 aliphatic heterocycles. The molecule has 15 heavy (non-hydrogen) atoms. The molecule has 0 aromatic carbocycles. The molecule has 1 amide bonds. The maximum atomic E-state index is 10.9. The molecule has 2 rings (SSSR count). The summed E-state index contributed by atoms with van der Waals surface area (Å²) in [5.41, 5.74) is 1.19. The fourth-order valence-corrected chi connectivity index (χ4v) is 2.68. The van der Waals surface area contributed by atoms with Crippen LogP contribution >= 0.6 is 11.8 Å². The van der Waals surface area contributed by atoms with E-state index in [1.807, 2.05) is 17.2 Å². The first-order valence-electron chi connectivity index (χ1n) is 5.06. The Hall–Kier alpha value is -1.03. The van der Waals surface area contributed by atoms with Crippen molar-refractivity contribution in [1.29, 1.82) is 0 Å². The Morgan fingerprint density at radius 2 is 2.53 bits per heavy atom. The largest absolute Gasteiger partial charge is 0.338 e. The maximum Gasteiger partial charge on any atom is 0.210 e. The lowest BCUT2D eigenvalue weighted by Gasteiger charge is -2.21. The lowest BCUT2D eigenvalue weighted by molar-refractivity contribution is -0.118. The van der Waals surface area contributed by atoms with Crippen LogP contribution in [0.5, 0.6) is 0 Å². The van der Waals surface area contributed by atoms with Crippen LogP contribution in [0.2, 0.25) is 0 Å². The zero-order valence-electron chi connectivity index (χ0n) is 8.72. The average molecular weight is 222 g/mol. The van der Waals surface area contributed by atoms with Crippen LogP contribution in [0.1, 0.15) is 24.4 Å². The molecule has 0 bridgehead atoms. The van der Waals surface area contributed by atoms with Gasteiger partial charge < -0.3 is 4.90 Å². The molecular weight excluding hydrogens is 208 g/mol. The monoisotopic (exact) mass is 222 g/mol. The smallest absolute Gasteiger partial charge is 0.210 e. The van der Waals surface area contributed by atoms with Crippen LogP contribution in [-0.2, 0) is 4.79 Å². The van der Waals surface area contributed by atoms with Crippen LogP contribution in [0.4, 0.5) is 0 Å². The van der Waals surface area contributed by atoms with Crippen LogP contribution in [0.3, 0.4) is 0 Å². The van der Waals surface area contributed by atoms with Crippen molar-refractivity contribution in [2.24, 2.45) is 0 Å². The minimum Gasteiger partial charge on any atom is -0.338 e. The number of hydrogen-bond acceptors (Lipinski definition) is 3. The molecule has 0 unspecified atom stereocenters.